The predicted octanol–water partition coefficient (Wildman–Crippen LogP) is 3.46. The molecule has 0 bridgehead atoms. The van der Waals surface area contributed by atoms with Crippen molar-refractivity contribution < 1.29 is 23.8 Å². The van der Waals surface area contributed by atoms with Crippen molar-refractivity contribution in [2.45, 2.75) is 18.0 Å². The van der Waals surface area contributed by atoms with E-state index in [-0.39, 0.29) is 42.5 Å². The Kier molecular flexibility index (Phi) is 5.34. The van der Waals surface area contributed by atoms with Gasteiger partial charge < -0.3 is 19.6 Å². The monoisotopic (exact) mass is 446 g/mol. The summed E-state index contributed by atoms with van der Waals surface area (Å²) in [5.74, 6) is -0.491. The summed E-state index contributed by atoms with van der Waals surface area (Å²) in [6.45, 7) is 0.0626. The SMILES string of the molecule is COc1ccc(C(=O)N2C[C@H]3[C@@H](c4ccccc42)[C@H](CO)N3C(=O)c2cccc(F)c2)cc1. The first-order valence-corrected chi connectivity index (χ1v) is 10.8. The number of carbonyl (C=O) groups is 2. The molecular formula is C26H23FN2O4. The van der Waals surface area contributed by atoms with Gasteiger partial charge in [-0.05, 0) is 54.1 Å². The molecule has 168 valence electrons. The summed E-state index contributed by atoms with van der Waals surface area (Å²) < 4.78 is 18.9. The summed E-state index contributed by atoms with van der Waals surface area (Å²) in [4.78, 5) is 30.0. The van der Waals surface area contributed by atoms with Crippen LogP contribution in [0, 0.1) is 5.82 Å². The van der Waals surface area contributed by atoms with E-state index in [0.29, 0.717) is 11.3 Å². The zero-order valence-electron chi connectivity index (χ0n) is 18.0. The Morgan fingerprint density at radius 1 is 1.00 bits per heavy atom. The Balaban J connectivity index is 1.51. The summed E-state index contributed by atoms with van der Waals surface area (Å²) in [5, 5.41) is 10.1. The van der Waals surface area contributed by atoms with Gasteiger partial charge in [-0.15, -0.1) is 0 Å². The Morgan fingerprint density at radius 2 is 1.76 bits per heavy atom. The van der Waals surface area contributed by atoms with Crippen LogP contribution in [0.25, 0.3) is 0 Å². The molecule has 0 unspecified atom stereocenters. The summed E-state index contributed by atoms with van der Waals surface area (Å²) in [5.41, 5.74) is 2.41. The average molecular weight is 446 g/mol. The number of hydrogen-bond acceptors (Lipinski definition) is 4. The molecule has 0 radical (unpaired) electrons. The highest BCUT2D eigenvalue weighted by molar-refractivity contribution is 6.07. The lowest BCUT2D eigenvalue weighted by atomic mass is 9.71. The second-order valence-electron chi connectivity index (χ2n) is 8.27. The number of methoxy groups -OCH3 is 1. The Hall–Kier alpha value is -3.71. The first-order valence-electron chi connectivity index (χ1n) is 10.8. The minimum atomic E-state index is -0.497. The Morgan fingerprint density at radius 3 is 2.45 bits per heavy atom. The van der Waals surface area contributed by atoms with E-state index in [1.165, 1.54) is 18.2 Å². The topological polar surface area (TPSA) is 70.1 Å². The van der Waals surface area contributed by atoms with Crippen LogP contribution in [0.2, 0.25) is 0 Å². The molecule has 1 N–H and O–H groups in total. The zero-order valence-corrected chi connectivity index (χ0v) is 18.0. The molecule has 3 aromatic carbocycles. The number of rotatable bonds is 4. The third-order valence-corrected chi connectivity index (χ3v) is 6.58. The van der Waals surface area contributed by atoms with Crippen LogP contribution in [0.1, 0.15) is 32.2 Å². The first kappa shape index (κ1) is 21.2. The molecule has 0 aliphatic carbocycles. The van der Waals surface area contributed by atoms with E-state index in [1.807, 2.05) is 24.3 Å². The number of hydrogen-bond donors (Lipinski definition) is 1. The van der Waals surface area contributed by atoms with Crippen LogP contribution in [0.4, 0.5) is 10.1 Å². The predicted molar refractivity (Wildman–Crippen MR) is 121 cm³/mol. The standard InChI is InChI=1S/C26H23FN2O4/c1-33-19-11-9-16(10-12-19)25(31)28-14-22-24(20-7-2-3-8-21(20)28)23(15-30)29(22)26(32)17-5-4-6-18(27)13-17/h2-13,22-24,30H,14-15H2,1H3/t22-,23-,24+/m0/s1. The number of para-hydroxylation sites is 1. The molecular weight excluding hydrogens is 423 g/mol. The van der Waals surface area contributed by atoms with E-state index < -0.39 is 11.9 Å². The molecule has 3 atom stereocenters. The van der Waals surface area contributed by atoms with Crippen LogP contribution in [-0.2, 0) is 0 Å². The molecule has 6 nitrogen and oxygen atoms in total. The van der Waals surface area contributed by atoms with Gasteiger partial charge in [0.05, 0.1) is 25.8 Å². The highest BCUT2D eigenvalue weighted by atomic mass is 19.1. The van der Waals surface area contributed by atoms with E-state index >= 15 is 0 Å². The molecule has 7 heteroatoms. The largest absolute Gasteiger partial charge is 0.497 e. The molecule has 3 aromatic rings. The van der Waals surface area contributed by atoms with Gasteiger partial charge in [-0.1, -0.05) is 24.3 Å². The van der Waals surface area contributed by atoms with Gasteiger partial charge in [0.2, 0.25) is 0 Å². The van der Waals surface area contributed by atoms with Gasteiger partial charge in [-0.2, -0.15) is 0 Å². The second-order valence-corrected chi connectivity index (χ2v) is 8.27. The van der Waals surface area contributed by atoms with Crippen LogP contribution in [0.3, 0.4) is 0 Å². The molecule has 5 rings (SSSR count). The van der Waals surface area contributed by atoms with Crippen molar-refractivity contribution >= 4 is 17.5 Å². The quantitative estimate of drug-likeness (QED) is 0.667. The second kappa shape index (κ2) is 8.33. The molecule has 1 fully saturated rings. The number of benzene rings is 3. The van der Waals surface area contributed by atoms with Gasteiger partial charge in [-0.3, -0.25) is 9.59 Å². The summed E-state index contributed by atoms with van der Waals surface area (Å²) in [6.07, 6.45) is 0. The van der Waals surface area contributed by atoms with Crippen LogP contribution in [0.5, 0.6) is 5.75 Å². The van der Waals surface area contributed by atoms with E-state index in [9.17, 15) is 19.1 Å². The number of anilines is 1. The highest BCUT2D eigenvalue weighted by Gasteiger charge is 2.55. The number of likely N-dealkylation sites (tertiary alicyclic amines) is 1. The molecule has 2 aliphatic rings. The maximum absolute atomic E-state index is 13.7. The van der Waals surface area contributed by atoms with Gasteiger partial charge in [0, 0.05) is 29.3 Å². The van der Waals surface area contributed by atoms with Crippen molar-refractivity contribution in [3.63, 3.8) is 0 Å². The van der Waals surface area contributed by atoms with Crippen LogP contribution >= 0.6 is 0 Å². The number of aliphatic hydroxyl groups excluding tert-OH is 1. The highest BCUT2D eigenvalue weighted by Crippen LogP contribution is 2.48. The minimum absolute atomic E-state index is 0.108. The number of ether oxygens (including phenoxy) is 1. The molecule has 0 spiro atoms. The van der Waals surface area contributed by atoms with Crippen LogP contribution in [-0.4, -0.2) is 54.2 Å². The lowest BCUT2D eigenvalue weighted by Gasteiger charge is -2.58. The van der Waals surface area contributed by atoms with Gasteiger partial charge in [-0.25, -0.2) is 4.39 Å². The van der Waals surface area contributed by atoms with Crippen LogP contribution in [0.15, 0.2) is 72.8 Å². The van der Waals surface area contributed by atoms with E-state index in [2.05, 4.69) is 0 Å². The fourth-order valence-electron chi connectivity index (χ4n) is 5.02. The number of halogens is 1. The van der Waals surface area contributed by atoms with Crippen molar-refractivity contribution in [1.29, 1.82) is 0 Å². The summed E-state index contributed by atoms with van der Waals surface area (Å²) in [6, 6.07) is 19.2. The van der Waals surface area contributed by atoms with Gasteiger partial charge in [0.1, 0.15) is 11.6 Å². The number of carbonyl (C=O) groups excluding carboxylic acids is 2. The van der Waals surface area contributed by atoms with Gasteiger partial charge in [0.25, 0.3) is 11.8 Å². The third kappa shape index (κ3) is 3.45. The molecule has 1 saturated heterocycles. The van der Waals surface area contributed by atoms with E-state index in [0.717, 1.165) is 11.3 Å². The normalized spacial score (nSPS) is 21.0. The zero-order chi connectivity index (χ0) is 23.1. The van der Waals surface area contributed by atoms with Crippen molar-refractivity contribution in [3.8, 4) is 5.75 Å². The summed E-state index contributed by atoms with van der Waals surface area (Å²) in [7, 11) is 1.57. The molecule has 0 aromatic heterocycles. The van der Waals surface area contributed by atoms with Crippen molar-refractivity contribution in [3.05, 3.63) is 95.3 Å². The minimum Gasteiger partial charge on any atom is -0.497 e. The smallest absolute Gasteiger partial charge is 0.258 e. The van der Waals surface area contributed by atoms with Crippen molar-refractivity contribution in [2.75, 3.05) is 25.2 Å². The fraction of sp³-hybridized carbons (Fsp3) is 0.231. The summed E-state index contributed by atoms with van der Waals surface area (Å²) >= 11 is 0. The van der Waals surface area contributed by atoms with Crippen LogP contribution < -0.4 is 9.64 Å². The fourth-order valence-corrected chi connectivity index (χ4v) is 5.02. The Labute approximate surface area is 190 Å². The maximum Gasteiger partial charge on any atom is 0.258 e. The lowest BCUT2D eigenvalue weighted by Crippen LogP contribution is -2.70. The molecule has 2 heterocycles. The van der Waals surface area contributed by atoms with Gasteiger partial charge in [0.15, 0.2) is 0 Å². The van der Waals surface area contributed by atoms with Crippen molar-refractivity contribution in [1.82, 2.24) is 4.90 Å². The molecule has 2 aliphatic heterocycles. The van der Waals surface area contributed by atoms with E-state index in [4.69, 9.17) is 4.74 Å². The molecule has 0 saturated carbocycles. The average Bonchev–Trinajstić information content (AvgIpc) is 2.84. The number of nitrogens with zero attached hydrogens (tertiary/aromatic N) is 2. The number of aliphatic hydroxyl groups is 1. The Bertz CT molecular complexity index is 1210. The molecule has 33 heavy (non-hydrogen) atoms. The maximum atomic E-state index is 13.7. The third-order valence-electron chi connectivity index (χ3n) is 6.58. The van der Waals surface area contributed by atoms with E-state index in [1.54, 1.807) is 47.2 Å². The number of amides is 2. The van der Waals surface area contributed by atoms with Gasteiger partial charge >= 0.3 is 0 Å². The first-order chi connectivity index (χ1) is 16.0. The number of fused-ring (bicyclic) bond motifs is 3. The van der Waals surface area contributed by atoms with Crippen molar-refractivity contribution in [2.24, 2.45) is 0 Å². The molecule has 2 amide bonds. The lowest BCUT2D eigenvalue weighted by molar-refractivity contribution is -0.0246.